The molecule has 0 saturated carbocycles. The second-order valence-corrected chi connectivity index (χ2v) is 20.2. The van der Waals surface area contributed by atoms with Crippen molar-refractivity contribution in [1.29, 1.82) is 0 Å². The van der Waals surface area contributed by atoms with E-state index in [4.69, 9.17) is 17.2 Å². The van der Waals surface area contributed by atoms with Crippen molar-refractivity contribution in [2.24, 2.45) is 35.0 Å². The van der Waals surface area contributed by atoms with Crippen LogP contribution in [0.4, 0.5) is 0 Å². The summed E-state index contributed by atoms with van der Waals surface area (Å²) in [7, 11) is 0. The molecule has 8 amide bonds. The lowest BCUT2D eigenvalue weighted by Crippen LogP contribution is -2.61. The van der Waals surface area contributed by atoms with Crippen LogP contribution in [0.1, 0.15) is 132 Å². The largest absolute Gasteiger partial charge is 0.481 e. The lowest BCUT2D eigenvalue weighted by Gasteiger charge is -2.31. The highest BCUT2D eigenvalue weighted by molar-refractivity contribution is 7.98. The molecular weight excluding hydrogens is 943 g/mol. The number of carbonyl (C=O) groups excluding carboxylic acids is 8. The van der Waals surface area contributed by atoms with Crippen molar-refractivity contribution in [1.82, 2.24) is 42.1 Å². The number of hydrogen-bond donors (Lipinski definition) is 12. The van der Waals surface area contributed by atoms with E-state index in [1.807, 2.05) is 20.1 Å². The van der Waals surface area contributed by atoms with Crippen molar-refractivity contribution in [3.05, 3.63) is 0 Å². The third-order valence-corrected chi connectivity index (χ3v) is 12.8. The quantitative estimate of drug-likeness (QED) is 0.0354. The van der Waals surface area contributed by atoms with Crippen LogP contribution in [0.25, 0.3) is 0 Å². The molecule has 0 unspecified atom stereocenters. The minimum atomic E-state index is -1.75. The molecule has 1 fully saturated rings. The molecular formula is C47H85N11O12S. The van der Waals surface area contributed by atoms with Crippen LogP contribution in [0.5, 0.6) is 0 Å². The first kappa shape index (κ1) is 63.9. The monoisotopic (exact) mass is 1030 g/mol. The van der Waals surface area contributed by atoms with Crippen molar-refractivity contribution in [2.45, 2.75) is 186 Å². The summed E-state index contributed by atoms with van der Waals surface area (Å²) in [4.78, 5) is 135. The van der Waals surface area contributed by atoms with E-state index in [9.17, 15) is 58.2 Å². The lowest BCUT2D eigenvalue weighted by molar-refractivity contribution is -0.143. The molecule has 1 saturated heterocycles. The molecule has 0 aromatic heterocycles. The van der Waals surface area contributed by atoms with Crippen LogP contribution < -0.4 is 54.4 Å². The van der Waals surface area contributed by atoms with Gasteiger partial charge >= 0.3 is 11.9 Å². The summed E-state index contributed by atoms with van der Waals surface area (Å²) >= 11 is 1.53. The second kappa shape index (κ2) is 33.6. The van der Waals surface area contributed by atoms with E-state index in [0.29, 0.717) is 57.2 Å². The Hall–Kier alpha value is -5.07. The minimum Gasteiger partial charge on any atom is -0.481 e. The SMILES string of the molecule is CC[C@H](C)[C@H](NC(=O)[C@H](CC(=O)O)NC(=O)[C@H](CCCCN)NC(=O)[C@@H]1CCCN1C(=O)[C@H](CC(C)C)NC(=O)[C@@H](N)CCSC)C(=O)N[C@@H](C)C(=O)N[C@@H](CCCCN)C(=O)N[C@@H](CC(C)C)C(=O)O. The predicted octanol–water partition coefficient (Wildman–Crippen LogP) is -0.573. The summed E-state index contributed by atoms with van der Waals surface area (Å²) in [5.74, 6) is -8.66. The molecule has 1 rings (SSSR count). The Balaban J connectivity index is 3.32. The van der Waals surface area contributed by atoms with Gasteiger partial charge in [-0.2, -0.15) is 11.8 Å². The second-order valence-electron chi connectivity index (χ2n) is 19.2. The van der Waals surface area contributed by atoms with E-state index in [-0.39, 0.29) is 57.0 Å². The highest BCUT2D eigenvalue weighted by atomic mass is 32.2. The molecule has 10 atom stereocenters. The van der Waals surface area contributed by atoms with E-state index in [2.05, 4.69) is 37.2 Å². The average molecular weight is 1030 g/mol. The molecule has 0 radical (unpaired) electrons. The standard InChI is InChI=1S/C47H85N11O12S/c1-9-28(6)38(45(67)51-29(7)39(61)52-31(15-10-12-19-48)42(64)56-35(47(69)70)24-27(4)5)57-43(65)33(25-37(59)60)54-41(63)32(16-11-13-20-49)53-44(66)36-17-14-21-58(36)46(68)34(23-26(2)3)55-40(62)30(50)18-22-71-8/h26-36,38H,9-25,48-50H2,1-8H3,(H,51,67)(H,52,61)(H,53,66)(H,54,63)(H,55,62)(H,56,64)(H,57,65)(H,59,60)(H,69,70)/t28-,29-,30-,31-,32-,33-,34-,35-,36-,38-/m0/s1. The Morgan fingerprint density at radius 3 is 1.63 bits per heavy atom. The lowest BCUT2D eigenvalue weighted by atomic mass is 9.97. The zero-order valence-electron chi connectivity index (χ0n) is 43.0. The van der Waals surface area contributed by atoms with Gasteiger partial charge in [-0.1, -0.05) is 48.0 Å². The fourth-order valence-electron chi connectivity index (χ4n) is 7.88. The van der Waals surface area contributed by atoms with Gasteiger partial charge in [0.1, 0.15) is 48.3 Å². The maximum Gasteiger partial charge on any atom is 0.326 e. The first-order valence-electron chi connectivity index (χ1n) is 24.9. The maximum absolute atomic E-state index is 14.0. The molecule has 23 nitrogen and oxygen atoms in total. The van der Waals surface area contributed by atoms with Gasteiger partial charge in [0, 0.05) is 6.54 Å². The number of amides is 8. The fraction of sp³-hybridized carbons (Fsp3) is 0.787. The summed E-state index contributed by atoms with van der Waals surface area (Å²) in [6.07, 6.45) is 4.72. The molecule has 0 aromatic rings. The van der Waals surface area contributed by atoms with Gasteiger partial charge in [-0.15, -0.1) is 0 Å². The zero-order chi connectivity index (χ0) is 54.0. The van der Waals surface area contributed by atoms with Crippen LogP contribution in [0.15, 0.2) is 0 Å². The Morgan fingerprint density at radius 2 is 1.13 bits per heavy atom. The Kier molecular flexibility index (Phi) is 30.2. The third-order valence-electron chi connectivity index (χ3n) is 12.2. The Bertz CT molecular complexity index is 1780. The maximum atomic E-state index is 14.0. The van der Waals surface area contributed by atoms with Crippen LogP contribution in [-0.2, 0) is 47.9 Å². The number of carboxylic acid groups (broad SMARTS) is 2. The van der Waals surface area contributed by atoms with Crippen LogP contribution in [-0.4, -0.2) is 160 Å². The van der Waals surface area contributed by atoms with E-state index >= 15 is 0 Å². The summed E-state index contributed by atoms with van der Waals surface area (Å²) < 4.78 is 0. The van der Waals surface area contributed by atoms with Crippen molar-refractivity contribution in [3.8, 4) is 0 Å². The van der Waals surface area contributed by atoms with E-state index in [1.165, 1.54) is 23.6 Å². The molecule has 1 heterocycles. The predicted molar refractivity (Wildman–Crippen MR) is 269 cm³/mol. The van der Waals surface area contributed by atoms with Crippen LogP contribution >= 0.6 is 11.8 Å². The molecule has 0 bridgehead atoms. The van der Waals surface area contributed by atoms with Gasteiger partial charge in [0.15, 0.2) is 0 Å². The number of nitrogens with zero attached hydrogens (tertiary/aromatic N) is 1. The normalized spacial score (nSPS) is 17.3. The molecule has 71 heavy (non-hydrogen) atoms. The van der Waals surface area contributed by atoms with Crippen LogP contribution in [0, 0.1) is 17.8 Å². The number of nitrogens with one attached hydrogen (secondary N) is 7. The fourth-order valence-corrected chi connectivity index (χ4v) is 8.37. The van der Waals surface area contributed by atoms with E-state index in [1.54, 1.807) is 27.7 Å². The van der Waals surface area contributed by atoms with Gasteiger partial charge in [-0.05, 0) is 120 Å². The van der Waals surface area contributed by atoms with Crippen LogP contribution in [0.2, 0.25) is 0 Å². The van der Waals surface area contributed by atoms with Gasteiger partial charge in [-0.25, -0.2) is 4.79 Å². The average Bonchev–Trinajstić information content (AvgIpc) is 3.80. The van der Waals surface area contributed by atoms with Crippen molar-refractivity contribution in [3.63, 3.8) is 0 Å². The molecule has 1 aliphatic rings. The Morgan fingerprint density at radius 1 is 0.620 bits per heavy atom. The van der Waals surface area contributed by atoms with E-state index < -0.39 is 126 Å². The topological polar surface area (TPSA) is 377 Å². The zero-order valence-corrected chi connectivity index (χ0v) is 43.8. The first-order chi connectivity index (χ1) is 33.4. The third kappa shape index (κ3) is 23.4. The molecule has 0 aromatic carbocycles. The molecule has 24 heteroatoms. The number of unbranched alkanes of at least 4 members (excludes halogenated alkanes) is 2. The smallest absolute Gasteiger partial charge is 0.326 e. The number of hydrogen-bond acceptors (Lipinski definition) is 14. The van der Waals surface area contributed by atoms with Gasteiger partial charge in [0.2, 0.25) is 47.3 Å². The number of aliphatic carboxylic acids is 2. The summed E-state index contributed by atoms with van der Waals surface area (Å²) in [5, 5.41) is 37.6. The number of nitrogens with two attached hydrogens (primary N) is 3. The molecule has 406 valence electrons. The molecule has 1 aliphatic heterocycles. The van der Waals surface area contributed by atoms with Crippen molar-refractivity contribution < 1.29 is 58.2 Å². The molecule has 15 N–H and O–H groups in total. The summed E-state index contributed by atoms with van der Waals surface area (Å²) in [6.45, 7) is 12.9. The molecule has 0 aliphatic carbocycles. The van der Waals surface area contributed by atoms with Crippen molar-refractivity contribution >= 4 is 71.0 Å². The van der Waals surface area contributed by atoms with Gasteiger partial charge in [0.25, 0.3) is 0 Å². The summed E-state index contributed by atoms with van der Waals surface area (Å²) in [5.41, 5.74) is 17.4. The number of thioether (sulfide) groups is 1. The van der Waals surface area contributed by atoms with Gasteiger partial charge in [0.05, 0.1) is 12.5 Å². The highest BCUT2D eigenvalue weighted by Crippen LogP contribution is 2.22. The minimum absolute atomic E-state index is 0.00824. The van der Waals surface area contributed by atoms with E-state index in [0.717, 1.165) is 0 Å². The van der Waals surface area contributed by atoms with Crippen LogP contribution in [0.3, 0.4) is 0 Å². The number of carbonyl (C=O) groups is 10. The Labute approximate surface area is 422 Å². The van der Waals surface area contributed by atoms with Gasteiger partial charge in [-0.3, -0.25) is 43.2 Å². The number of likely N-dealkylation sites (tertiary alicyclic amines) is 1. The first-order valence-corrected chi connectivity index (χ1v) is 26.3. The molecule has 0 spiro atoms. The summed E-state index contributed by atoms with van der Waals surface area (Å²) in [6, 6.07) is -10.9. The number of carboxylic acids is 2. The highest BCUT2D eigenvalue weighted by Gasteiger charge is 2.40. The van der Waals surface area contributed by atoms with Gasteiger partial charge < -0.3 is 69.5 Å². The number of rotatable bonds is 35. The van der Waals surface area contributed by atoms with Crippen molar-refractivity contribution in [2.75, 3.05) is 31.6 Å².